The van der Waals surface area contributed by atoms with Crippen molar-refractivity contribution in [1.82, 2.24) is 9.78 Å². The summed E-state index contributed by atoms with van der Waals surface area (Å²) in [5.74, 6) is 1.63. The molecule has 0 amide bonds. The normalized spacial score (nSPS) is 10.3. The lowest BCUT2D eigenvalue weighted by Crippen LogP contribution is -2.03. The Labute approximate surface area is 113 Å². The molecule has 1 N–H and O–H groups in total. The zero-order valence-corrected chi connectivity index (χ0v) is 11.5. The number of nitrogens with one attached hydrogen (secondary N) is 1. The smallest absolute Gasteiger partial charge is 0.127 e. The SMILES string of the molecule is CCn1cc(NCc2c(OC)cccc2OC)cn1. The molecule has 0 unspecified atom stereocenters. The highest BCUT2D eigenvalue weighted by molar-refractivity contribution is 5.48. The molecule has 0 saturated carbocycles. The van der Waals surface area contributed by atoms with E-state index in [1.54, 1.807) is 14.2 Å². The van der Waals surface area contributed by atoms with Crippen LogP contribution in [0.25, 0.3) is 0 Å². The molecule has 2 aromatic rings. The molecule has 1 aromatic carbocycles. The van der Waals surface area contributed by atoms with E-state index in [0.717, 1.165) is 29.3 Å². The Hall–Kier alpha value is -2.17. The molecule has 102 valence electrons. The fourth-order valence-corrected chi connectivity index (χ4v) is 1.92. The average molecular weight is 261 g/mol. The van der Waals surface area contributed by atoms with Crippen molar-refractivity contribution in [3.63, 3.8) is 0 Å². The highest BCUT2D eigenvalue weighted by atomic mass is 16.5. The Morgan fingerprint density at radius 2 is 1.89 bits per heavy atom. The van der Waals surface area contributed by atoms with E-state index in [0.29, 0.717) is 6.54 Å². The van der Waals surface area contributed by atoms with E-state index < -0.39 is 0 Å². The first kappa shape index (κ1) is 13.3. The van der Waals surface area contributed by atoms with E-state index in [1.165, 1.54) is 0 Å². The summed E-state index contributed by atoms with van der Waals surface area (Å²) in [5.41, 5.74) is 1.98. The van der Waals surface area contributed by atoms with Crippen molar-refractivity contribution in [2.24, 2.45) is 0 Å². The van der Waals surface area contributed by atoms with Gasteiger partial charge in [-0.3, -0.25) is 4.68 Å². The number of methoxy groups -OCH3 is 2. The molecule has 1 aromatic heterocycles. The summed E-state index contributed by atoms with van der Waals surface area (Å²) >= 11 is 0. The van der Waals surface area contributed by atoms with E-state index in [4.69, 9.17) is 9.47 Å². The van der Waals surface area contributed by atoms with Crippen molar-refractivity contribution in [1.29, 1.82) is 0 Å². The van der Waals surface area contributed by atoms with Crippen molar-refractivity contribution in [3.8, 4) is 11.5 Å². The quantitative estimate of drug-likeness (QED) is 0.868. The second-order valence-electron chi connectivity index (χ2n) is 4.08. The van der Waals surface area contributed by atoms with Crippen LogP contribution in [0, 0.1) is 0 Å². The second-order valence-corrected chi connectivity index (χ2v) is 4.08. The van der Waals surface area contributed by atoms with Gasteiger partial charge in [0.05, 0.1) is 31.7 Å². The van der Waals surface area contributed by atoms with Crippen molar-refractivity contribution in [3.05, 3.63) is 36.2 Å². The van der Waals surface area contributed by atoms with E-state index in [2.05, 4.69) is 17.3 Å². The van der Waals surface area contributed by atoms with Gasteiger partial charge in [-0.25, -0.2) is 0 Å². The third kappa shape index (κ3) is 2.99. The molecule has 1 heterocycles. The van der Waals surface area contributed by atoms with Crippen LogP contribution in [0.2, 0.25) is 0 Å². The van der Waals surface area contributed by atoms with Crippen LogP contribution in [0.3, 0.4) is 0 Å². The number of benzene rings is 1. The fraction of sp³-hybridized carbons (Fsp3) is 0.357. The first-order chi connectivity index (χ1) is 9.28. The topological polar surface area (TPSA) is 48.3 Å². The Kier molecular flexibility index (Phi) is 4.28. The molecule has 0 aliphatic rings. The Morgan fingerprint density at radius 1 is 1.21 bits per heavy atom. The molecule has 2 rings (SSSR count). The average Bonchev–Trinajstić information content (AvgIpc) is 2.92. The number of nitrogens with zero attached hydrogens (tertiary/aromatic N) is 2. The maximum Gasteiger partial charge on any atom is 0.127 e. The standard InChI is InChI=1S/C14H19N3O2/c1-4-17-10-11(8-16-17)15-9-12-13(18-2)6-5-7-14(12)19-3/h5-8,10,15H,4,9H2,1-3H3. The molecular formula is C14H19N3O2. The molecule has 19 heavy (non-hydrogen) atoms. The Balaban J connectivity index is 2.13. The van der Waals surface area contributed by atoms with Crippen LogP contribution in [0.15, 0.2) is 30.6 Å². The van der Waals surface area contributed by atoms with Crippen LogP contribution >= 0.6 is 0 Å². The van der Waals surface area contributed by atoms with Crippen LogP contribution in [0.5, 0.6) is 11.5 Å². The largest absolute Gasteiger partial charge is 0.496 e. The van der Waals surface area contributed by atoms with E-state index in [9.17, 15) is 0 Å². The molecule has 5 heteroatoms. The molecule has 0 fully saturated rings. The molecule has 5 nitrogen and oxygen atoms in total. The summed E-state index contributed by atoms with van der Waals surface area (Å²) in [6.45, 7) is 3.54. The van der Waals surface area contributed by atoms with E-state index in [1.807, 2.05) is 35.3 Å². The van der Waals surface area contributed by atoms with Crippen LogP contribution < -0.4 is 14.8 Å². The zero-order valence-electron chi connectivity index (χ0n) is 11.5. The van der Waals surface area contributed by atoms with Crippen molar-refractivity contribution in [2.75, 3.05) is 19.5 Å². The number of anilines is 1. The van der Waals surface area contributed by atoms with Gasteiger partial charge in [-0.1, -0.05) is 6.07 Å². The summed E-state index contributed by atoms with van der Waals surface area (Å²) in [5, 5.41) is 7.55. The minimum absolute atomic E-state index is 0.628. The molecular weight excluding hydrogens is 242 g/mol. The molecule has 0 radical (unpaired) electrons. The summed E-state index contributed by atoms with van der Waals surface area (Å²) in [7, 11) is 3.32. The number of aryl methyl sites for hydroxylation is 1. The zero-order chi connectivity index (χ0) is 13.7. The van der Waals surface area contributed by atoms with Gasteiger partial charge in [0, 0.05) is 19.3 Å². The first-order valence-corrected chi connectivity index (χ1v) is 6.24. The summed E-state index contributed by atoms with van der Waals surface area (Å²) < 4.78 is 12.6. The van der Waals surface area contributed by atoms with Gasteiger partial charge in [0.15, 0.2) is 0 Å². The minimum atomic E-state index is 0.628. The van der Waals surface area contributed by atoms with Gasteiger partial charge in [-0.05, 0) is 19.1 Å². The van der Waals surface area contributed by atoms with Gasteiger partial charge >= 0.3 is 0 Å². The number of rotatable bonds is 6. The molecule has 0 bridgehead atoms. The summed E-state index contributed by atoms with van der Waals surface area (Å²) in [6, 6.07) is 5.76. The predicted octanol–water partition coefficient (Wildman–Crippen LogP) is 2.53. The summed E-state index contributed by atoms with van der Waals surface area (Å²) in [6.07, 6.45) is 3.79. The predicted molar refractivity (Wildman–Crippen MR) is 74.8 cm³/mol. The van der Waals surface area contributed by atoms with Gasteiger partial charge in [-0.2, -0.15) is 5.10 Å². The third-order valence-electron chi connectivity index (χ3n) is 2.96. The van der Waals surface area contributed by atoms with Crippen LogP contribution in [-0.2, 0) is 13.1 Å². The van der Waals surface area contributed by atoms with Crippen molar-refractivity contribution in [2.45, 2.75) is 20.0 Å². The van der Waals surface area contributed by atoms with Crippen LogP contribution in [-0.4, -0.2) is 24.0 Å². The molecule has 0 aliphatic heterocycles. The molecule has 0 atom stereocenters. The minimum Gasteiger partial charge on any atom is -0.496 e. The van der Waals surface area contributed by atoms with Crippen LogP contribution in [0.1, 0.15) is 12.5 Å². The Morgan fingerprint density at radius 3 is 2.42 bits per heavy atom. The lowest BCUT2D eigenvalue weighted by Gasteiger charge is -2.13. The maximum atomic E-state index is 5.36. The van der Waals surface area contributed by atoms with Gasteiger partial charge in [0.2, 0.25) is 0 Å². The van der Waals surface area contributed by atoms with Crippen molar-refractivity contribution < 1.29 is 9.47 Å². The maximum absolute atomic E-state index is 5.36. The highest BCUT2D eigenvalue weighted by Gasteiger charge is 2.09. The van der Waals surface area contributed by atoms with Gasteiger partial charge in [0.25, 0.3) is 0 Å². The fourth-order valence-electron chi connectivity index (χ4n) is 1.92. The molecule has 0 saturated heterocycles. The third-order valence-corrected chi connectivity index (χ3v) is 2.96. The lowest BCUT2D eigenvalue weighted by molar-refractivity contribution is 0.386. The molecule has 0 aliphatic carbocycles. The van der Waals surface area contributed by atoms with Gasteiger partial charge in [0.1, 0.15) is 11.5 Å². The molecule has 0 spiro atoms. The van der Waals surface area contributed by atoms with Crippen LogP contribution in [0.4, 0.5) is 5.69 Å². The van der Waals surface area contributed by atoms with Gasteiger partial charge < -0.3 is 14.8 Å². The summed E-state index contributed by atoms with van der Waals surface area (Å²) in [4.78, 5) is 0. The van der Waals surface area contributed by atoms with E-state index >= 15 is 0 Å². The number of hydrogen-bond acceptors (Lipinski definition) is 4. The van der Waals surface area contributed by atoms with Crippen molar-refractivity contribution >= 4 is 5.69 Å². The first-order valence-electron chi connectivity index (χ1n) is 6.24. The van der Waals surface area contributed by atoms with Gasteiger partial charge in [-0.15, -0.1) is 0 Å². The number of aromatic nitrogens is 2. The Bertz CT molecular complexity index is 515. The number of ether oxygens (including phenoxy) is 2. The lowest BCUT2D eigenvalue weighted by atomic mass is 10.1. The monoisotopic (exact) mass is 261 g/mol. The van der Waals surface area contributed by atoms with E-state index in [-0.39, 0.29) is 0 Å². The second kappa shape index (κ2) is 6.13. The highest BCUT2D eigenvalue weighted by Crippen LogP contribution is 2.28. The number of hydrogen-bond donors (Lipinski definition) is 1.